The average molecular weight is 339 g/mol. The van der Waals surface area contributed by atoms with Crippen molar-refractivity contribution in [2.45, 2.75) is 6.92 Å². The third-order valence-electron chi connectivity index (χ3n) is 2.86. The molecule has 22 heavy (non-hydrogen) atoms. The van der Waals surface area contributed by atoms with Gasteiger partial charge in [-0.3, -0.25) is 0 Å². The summed E-state index contributed by atoms with van der Waals surface area (Å²) in [6.07, 6.45) is 1.57. The van der Waals surface area contributed by atoms with Crippen LogP contribution in [0.15, 0.2) is 29.6 Å². The molecule has 1 N–H and O–H groups in total. The van der Waals surface area contributed by atoms with E-state index in [4.69, 9.17) is 21.1 Å². The number of rotatable bonds is 6. The maximum absolute atomic E-state index is 11.5. The summed E-state index contributed by atoms with van der Waals surface area (Å²) in [6, 6.07) is 6.94. The van der Waals surface area contributed by atoms with Crippen molar-refractivity contribution < 1.29 is 19.4 Å². The molecular formula is C16H15ClO4S. The fraction of sp³-hybridized carbons (Fsp3) is 0.188. The standard InChI is InChI=1S/C16H15ClO4S/c1-3-21-13-9-10(8-12(17)15(13)20-2)7-11(16(18)19)14-5-4-6-22-14/h4-9H,3H2,1-2H3,(H,18,19)/b11-7-. The largest absolute Gasteiger partial charge is 0.491 e. The quantitative estimate of drug-likeness (QED) is 0.791. The molecule has 116 valence electrons. The van der Waals surface area contributed by atoms with Gasteiger partial charge in [0.25, 0.3) is 0 Å². The van der Waals surface area contributed by atoms with Gasteiger partial charge in [0.1, 0.15) is 0 Å². The summed E-state index contributed by atoms with van der Waals surface area (Å²) in [4.78, 5) is 12.1. The fourth-order valence-corrected chi connectivity index (χ4v) is 3.00. The molecule has 2 aromatic rings. The highest BCUT2D eigenvalue weighted by Gasteiger charge is 2.14. The molecule has 0 bridgehead atoms. The van der Waals surface area contributed by atoms with Gasteiger partial charge in [0, 0.05) is 4.88 Å². The van der Waals surface area contributed by atoms with Crippen LogP contribution in [0.3, 0.4) is 0 Å². The molecule has 0 saturated heterocycles. The summed E-state index contributed by atoms with van der Waals surface area (Å²) in [5.41, 5.74) is 0.846. The smallest absolute Gasteiger partial charge is 0.337 e. The van der Waals surface area contributed by atoms with Gasteiger partial charge >= 0.3 is 5.97 Å². The molecule has 1 heterocycles. The molecule has 0 amide bonds. The van der Waals surface area contributed by atoms with E-state index in [-0.39, 0.29) is 5.57 Å². The van der Waals surface area contributed by atoms with Crippen LogP contribution < -0.4 is 9.47 Å². The molecule has 0 atom stereocenters. The third kappa shape index (κ3) is 3.61. The molecule has 4 nitrogen and oxygen atoms in total. The molecule has 0 fully saturated rings. The van der Waals surface area contributed by atoms with E-state index >= 15 is 0 Å². The van der Waals surface area contributed by atoms with Crippen LogP contribution in [0.25, 0.3) is 11.6 Å². The van der Waals surface area contributed by atoms with Gasteiger partial charge in [0.2, 0.25) is 0 Å². The second-order valence-electron chi connectivity index (χ2n) is 4.31. The van der Waals surface area contributed by atoms with E-state index in [1.807, 2.05) is 18.4 Å². The molecule has 0 saturated carbocycles. The van der Waals surface area contributed by atoms with Crippen molar-refractivity contribution in [3.8, 4) is 11.5 Å². The molecule has 0 aliphatic heterocycles. The van der Waals surface area contributed by atoms with Gasteiger partial charge in [0.05, 0.1) is 24.3 Å². The number of hydrogen-bond donors (Lipinski definition) is 1. The first-order valence-electron chi connectivity index (χ1n) is 6.56. The molecule has 0 unspecified atom stereocenters. The Morgan fingerprint density at radius 1 is 1.45 bits per heavy atom. The lowest BCUT2D eigenvalue weighted by Crippen LogP contribution is -1.99. The number of carboxylic acid groups (broad SMARTS) is 1. The van der Waals surface area contributed by atoms with Crippen molar-refractivity contribution in [1.82, 2.24) is 0 Å². The van der Waals surface area contributed by atoms with Crippen LogP contribution in [0, 0.1) is 0 Å². The predicted octanol–water partition coefficient (Wildman–Crippen LogP) is 4.43. The number of methoxy groups -OCH3 is 1. The minimum absolute atomic E-state index is 0.207. The van der Waals surface area contributed by atoms with Gasteiger partial charge in [-0.25, -0.2) is 4.79 Å². The van der Waals surface area contributed by atoms with Crippen LogP contribution in [-0.4, -0.2) is 24.8 Å². The van der Waals surface area contributed by atoms with E-state index in [2.05, 4.69) is 0 Å². The summed E-state index contributed by atoms with van der Waals surface area (Å²) >= 11 is 7.55. The van der Waals surface area contributed by atoms with E-state index in [0.717, 1.165) is 0 Å². The number of thiophene rings is 1. The van der Waals surface area contributed by atoms with Gasteiger partial charge in [-0.15, -0.1) is 11.3 Å². The number of carboxylic acids is 1. The topological polar surface area (TPSA) is 55.8 Å². The van der Waals surface area contributed by atoms with Crippen molar-refractivity contribution in [2.24, 2.45) is 0 Å². The van der Waals surface area contributed by atoms with Crippen LogP contribution in [0.2, 0.25) is 5.02 Å². The van der Waals surface area contributed by atoms with E-state index in [1.165, 1.54) is 18.4 Å². The third-order valence-corrected chi connectivity index (χ3v) is 4.05. The first-order chi connectivity index (χ1) is 10.6. The number of hydrogen-bond acceptors (Lipinski definition) is 4. The van der Waals surface area contributed by atoms with Gasteiger partial charge in [-0.05, 0) is 42.1 Å². The summed E-state index contributed by atoms with van der Waals surface area (Å²) in [7, 11) is 1.51. The van der Waals surface area contributed by atoms with Crippen molar-refractivity contribution in [1.29, 1.82) is 0 Å². The summed E-state index contributed by atoms with van der Waals surface area (Å²) in [5, 5.41) is 11.6. The number of carbonyl (C=O) groups is 1. The van der Waals surface area contributed by atoms with Crippen molar-refractivity contribution in [3.05, 3.63) is 45.1 Å². The van der Waals surface area contributed by atoms with Crippen LogP contribution in [0.5, 0.6) is 11.5 Å². The Kier molecular flexibility index (Phi) is 5.46. The highest BCUT2D eigenvalue weighted by molar-refractivity contribution is 7.11. The first-order valence-corrected chi connectivity index (χ1v) is 7.81. The fourth-order valence-electron chi connectivity index (χ4n) is 1.97. The van der Waals surface area contributed by atoms with E-state index in [0.29, 0.717) is 33.6 Å². The maximum Gasteiger partial charge on any atom is 0.337 e. The van der Waals surface area contributed by atoms with Crippen molar-refractivity contribution >= 4 is 40.6 Å². The Morgan fingerprint density at radius 3 is 2.77 bits per heavy atom. The zero-order valence-corrected chi connectivity index (χ0v) is 13.7. The molecule has 2 rings (SSSR count). The Bertz CT molecular complexity index is 692. The molecule has 6 heteroatoms. The summed E-state index contributed by atoms with van der Waals surface area (Å²) in [5.74, 6) is -0.0688. The van der Waals surface area contributed by atoms with Crippen molar-refractivity contribution in [3.63, 3.8) is 0 Å². The van der Waals surface area contributed by atoms with Crippen LogP contribution in [-0.2, 0) is 4.79 Å². The number of benzene rings is 1. The SMILES string of the molecule is CCOc1cc(/C=C(\C(=O)O)c2cccs2)cc(Cl)c1OC. The second-order valence-corrected chi connectivity index (χ2v) is 5.66. The van der Waals surface area contributed by atoms with E-state index in [9.17, 15) is 9.90 Å². The first kappa shape index (κ1) is 16.4. The van der Waals surface area contributed by atoms with E-state index in [1.54, 1.807) is 24.3 Å². The lowest BCUT2D eigenvalue weighted by molar-refractivity contribution is -0.130. The molecule has 0 radical (unpaired) electrons. The highest BCUT2D eigenvalue weighted by Crippen LogP contribution is 2.37. The van der Waals surface area contributed by atoms with Crippen LogP contribution in [0.1, 0.15) is 17.4 Å². The summed E-state index contributed by atoms with van der Waals surface area (Å²) in [6.45, 7) is 2.31. The molecule has 1 aromatic carbocycles. The Balaban J connectivity index is 2.51. The van der Waals surface area contributed by atoms with Gasteiger partial charge < -0.3 is 14.6 Å². The molecule has 0 spiro atoms. The monoisotopic (exact) mass is 338 g/mol. The lowest BCUT2D eigenvalue weighted by Gasteiger charge is -2.12. The normalized spacial score (nSPS) is 11.3. The zero-order chi connectivity index (χ0) is 16.1. The molecular weight excluding hydrogens is 324 g/mol. The number of ether oxygens (including phenoxy) is 2. The second kappa shape index (κ2) is 7.33. The zero-order valence-electron chi connectivity index (χ0n) is 12.1. The minimum atomic E-state index is -0.993. The number of halogens is 1. The molecule has 1 aromatic heterocycles. The van der Waals surface area contributed by atoms with Crippen molar-refractivity contribution in [2.75, 3.05) is 13.7 Å². The predicted molar refractivity (Wildman–Crippen MR) is 89.0 cm³/mol. The van der Waals surface area contributed by atoms with Gasteiger partial charge in [0.15, 0.2) is 11.5 Å². The molecule has 0 aliphatic rings. The van der Waals surface area contributed by atoms with Gasteiger partial charge in [-0.1, -0.05) is 17.7 Å². The molecule has 0 aliphatic carbocycles. The maximum atomic E-state index is 11.5. The highest BCUT2D eigenvalue weighted by atomic mass is 35.5. The Labute approximate surface area is 137 Å². The lowest BCUT2D eigenvalue weighted by atomic mass is 10.1. The van der Waals surface area contributed by atoms with Crippen LogP contribution >= 0.6 is 22.9 Å². The van der Waals surface area contributed by atoms with Gasteiger partial charge in [-0.2, -0.15) is 0 Å². The summed E-state index contributed by atoms with van der Waals surface area (Å²) < 4.78 is 10.7. The van der Waals surface area contributed by atoms with E-state index < -0.39 is 5.97 Å². The Hall–Kier alpha value is -1.98. The minimum Gasteiger partial charge on any atom is -0.491 e. The number of aliphatic carboxylic acids is 1. The van der Waals surface area contributed by atoms with Crippen LogP contribution in [0.4, 0.5) is 0 Å². The Morgan fingerprint density at radius 2 is 2.23 bits per heavy atom. The average Bonchev–Trinajstić information content (AvgIpc) is 2.98.